The number of anilines is 1. The fraction of sp³-hybridized carbons (Fsp3) is 0.343. The van der Waals surface area contributed by atoms with Crippen LogP contribution in [-0.4, -0.2) is 25.0 Å². The van der Waals surface area contributed by atoms with Crippen molar-refractivity contribution in [1.82, 2.24) is 5.32 Å². The molecule has 1 saturated heterocycles. The maximum Gasteiger partial charge on any atom is 0.335 e. The Kier molecular flexibility index (Phi) is 7.83. The second kappa shape index (κ2) is 11.7. The minimum Gasteiger partial charge on any atom is -0.493 e. The molecular weight excluding hydrogens is 635 g/mol. The van der Waals surface area contributed by atoms with Crippen LogP contribution in [0.5, 0.6) is 11.5 Å². The van der Waals surface area contributed by atoms with Crippen molar-refractivity contribution < 1.29 is 23.9 Å². The molecule has 8 rings (SSSR count). The van der Waals surface area contributed by atoms with E-state index in [-0.39, 0.29) is 28.4 Å². The Hall–Kier alpha value is -3.52. The summed E-state index contributed by atoms with van der Waals surface area (Å²) in [5.41, 5.74) is 2.87. The highest BCUT2D eigenvalue weighted by atomic mass is 35.5. The van der Waals surface area contributed by atoms with Crippen LogP contribution in [-0.2, 0) is 21.6 Å². The third kappa shape index (κ3) is 5.60. The summed E-state index contributed by atoms with van der Waals surface area (Å²) in [6, 6.07) is 15.3. The summed E-state index contributed by atoms with van der Waals surface area (Å²) in [5, 5.41) is 3.35. The molecule has 1 N–H and O–H groups in total. The van der Waals surface area contributed by atoms with E-state index >= 15 is 0 Å². The van der Waals surface area contributed by atoms with Crippen LogP contribution >= 0.6 is 34.8 Å². The van der Waals surface area contributed by atoms with Crippen molar-refractivity contribution in [2.75, 3.05) is 12.0 Å². The second-order valence-corrected chi connectivity index (χ2v) is 14.0. The van der Waals surface area contributed by atoms with Crippen LogP contribution in [0.25, 0.3) is 6.08 Å². The van der Waals surface area contributed by atoms with Crippen molar-refractivity contribution in [2.24, 2.45) is 17.8 Å². The number of nitrogens with one attached hydrogen (secondary N) is 1. The Morgan fingerprint density at radius 1 is 0.867 bits per heavy atom. The van der Waals surface area contributed by atoms with E-state index in [4.69, 9.17) is 44.3 Å². The van der Waals surface area contributed by atoms with Crippen LogP contribution in [0.1, 0.15) is 55.2 Å². The van der Waals surface area contributed by atoms with Crippen molar-refractivity contribution >= 4 is 64.4 Å². The quantitative estimate of drug-likeness (QED) is 0.203. The van der Waals surface area contributed by atoms with Gasteiger partial charge >= 0.3 is 6.03 Å². The third-order valence-corrected chi connectivity index (χ3v) is 10.8. The van der Waals surface area contributed by atoms with Gasteiger partial charge in [-0.25, -0.2) is 9.69 Å². The maximum absolute atomic E-state index is 13.6. The summed E-state index contributed by atoms with van der Waals surface area (Å²) in [6.07, 6.45) is 9.10. The van der Waals surface area contributed by atoms with Crippen LogP contribution in [0.4, 0.5) is 10.5 Å². The van der Waals surface area contributed by atoms with E-state index in [1.807, 2.05) is 12.1 Å². The topological polar surface area (TPSA) is 84.9 Å². The zero-order valence-electron chi connectivity index (χ0n) is 24.6. The van der Waals surface area contributed by atoms with Gasteiger partial charge < -0.3 is 9.47 Å². The Bertz CT molecular complexity index is 1720. The molecule has 1 heterocycles. The second-order valence-electron chi connectivity index (χ2n) is 12.8. The van der Waals surface area contributed by atoms with Crippen molar-refractivity contribution in [3.8, 4) is 11.5 Å². The average molecular weight is 666 g/mol. The Morgan fingerprint density at radius 3 is 2.16 bits per heavy atom. The van der Waals surface area contributed by atoms with Gasteiger partial charge in [0.15, 0.2) is 11.5 Å². The molecule has 45 heavy (non-hydrogen) atoms. The lowest BCUT2D eigenvalue weighted by Gasteiger charge is -2.57. The monoisotopic (exact) mass is 664 g/mol. The van der Waals surface area contributed by atoms with Crippen LogP contribution in [0.3, 0.4) is 0 Å². The number of nitrogens with zero attached hydrogens (tertiary/aromatic N) is 1. The molecule has 3 aromatic carbocycles. The van der Waals surface area contributed by atoms with Gasteiger partial charge in [0.25, 0.3) is 11.8 Å². The highest BCUT2D eigenvalue weighted by molar-refractivity contribution is 6.42. The number of urea groups is 1. The van der Waals surface area contributed by atoms with E-state index in [9.17, 15) is 14.4 Å². The van der Waals surface area contributed by atoms with Gasteiger partial charge in [0.05, 0.1) is 27.9 Å². The first-order valence-corrected chi connectivity index (χ1v) is 16.2. The molecule has 232 valence electrons. The molecule has 0 spiro atoms. The van der Waals surface area contributed by atoms with Crippen LogP contribution in [0.2, 0.25) is 15.1 Å². The Morgan fingerprint density at radius 2 is 1.53 bits per heavy atom. The number of barbiturate groups is 1. The highest BCUT2D eigenvalue weighted by Crippen LogP contribution is 2.60. The molecule has 0 unspecified atom stereocenters. The predicted octanol–water partition coefficient (Wildman–Crippen LogP) is 8.37. The van der Waals surface area contributed by atoms with Crippen molar-refractivity contribution in [3.05, 3.63) is 91.9 Å². The first-order valence-electron chi connectivity index (χ1n) is 15.1. The number of benzene rings is 3. The van der Waals surface area contributed by atoms with E-state index in [1.165, 1.54) is 57.3 Å². The number of rotatable bonds is 7. The number of carbonyl (C=O) groups excluding carboxylic acids is 3. The molecular formula is C35H31Cl3N2O5. The van der Waals surface area contributed by atoms with Gasteiger partial charge in [0.2, 0.25) is 0 Å². The van der Waals surface area contributed by atoms with E-state index in [2.05, 4.69) is 17.4 Å². The van der Waals surface area contributed by atoms with Crippen LogP contribution < -0.4 is 19.7 Å². The standard InChI is InChI=1S/C35H31Cl3N2O5/c1-44-30-14-20(13-29(38)31(30)45-18-19-2-7-27(36)28(37)12-19)11-26-32(41)39-34(43)40(33(26)42)25-5-3-24(4-6-25)35-15-21-8-22(16-35)10-23(9-21)17-35/h2-7,11-14,21-23H,8-10,15-18H2,1H3,(H,39,41,43)/b26-11+. The number of hydrogen-bond acceptors (Lipinski definition) is 5. The molecule has 0 radical (unpaired) electrons. The van der Waals surface area contributed by atoms with E-state index < -0.39 is 17.8 Å². The van der Waals surface area contributed by atoms with Crippen LogP contribution in [0.15, 0.2) is 60.2 Å². The number of ether oxygens (including phenoxy) is 2. The first-order chi connectivity index (χ1) is 21.6. The largest absolute Gasteiger partial charge is 0.493 e. The minimum atomic E-state index is -0.790. The summed E-state index contributed by atoms with van der Waals surface area (Å²) in [4.78, 5) is 40.4. The van der Waals surface area contributed by atoms with Gasteiger partial charge in [0, 0.05) is 0 Å². The molecule has 4 saturated carbocycles. The van der Waals surface area contributed by atoms with E-state index in [0.29, 0.717) is 27.0 Å². The lowest BCUT2D eigenvalue weighted by Crippen LogP contribution is -2.54. The van der Waals surface area contributed by atoms with Gasteiger partial charge in [-0.1, -0.05) is 53.0 Å². The molecule has 1 aliphatic heterocycles. The molecule has 4 bridgehead atoms. The molecule has 4 amide bonds. The maximum atomic E-state index is 13.6. The normalized spacial score (nSPS) is 26.4. The summed E-state index contributed by atoms with van der Waals surface area (Å²) >= 11 is 18.7. The number of hydrogen-bond donors (Lipinski definition) is 1. The van der Waals surface area contributed by atoms with Gasteiger partial charge in [-0.2, -0.15) is 0 Å². The Balaban J connectivity index is 1.12. The lowest BCUT2D eigenvalue weighted by molar-refractivity contribution is -0.122. The summed E-state index contributed by atoms with van der Waals surface area (Å²) < 4.78 is 11.4. The molecule has 0 aromatic heterocycles. The third-order valence-electron chi connectivity index (χ3n) is 9.81. The predicted molar refractivity (Wildman–Crippen MR) is 174 cm³/mol. The van der Waals surface area contributed by atoms with Crippen molar-refractivity contribution in [3.63, 3.8) is 0 Å². The smallest absolute Gasteiger partial charge is 0.335 e. The number of carbonyl (C=O) groups is 3. The summed E-state index contributed by atoms with van der Waals surface area (Å²) in [5.74, 6) is 1.48. The zero-order chi connectivity index (χ0) is 31.5. The minimum absolute atomic E-state index is 0.146. The summed E-state index contributed by atoms with van der Waals surface area (Å²) in [6.45, 7) is 0.146. The van der Waals surface area contributed by atoms with Crippen molar-refractivity contribution in [2.45, 2.75) is 50.5 Å². The number of methoxy groups -OCH3 is 1. The molecule has 5 fully saturated rings. The van der Waals surface area contributed by atoms with E-state index in [1.54, 1.807) is 30.3 Å². The number of halogens is 3. The van der Waals surface area contributed by atoms with Gasteiger partial charge in [-0.15, -0.1) is 0 Å². The number of amides is 4. The average Bonchev–Trinajstić information content (AvgIpc) is 2.99. The molecule has 4 aliphatic carbocycles. The molecule has 0 atom stereocenters. The Labute approximate surface area is 276 Å². The summed E-state index contributed by atoms with van der Waals surface area (Å²) in [7, 11) is 1.46. The molecule has 3 aromatic rings. The molecule has 5 aliphatic rings. The number of imide groups is 2. The van der Waals surface area contributed by atoms with E-state index in [0.717, 1.165) is 28.2 Å². The first kappa shape index (κ1) is 30.2. The van der Waals surface area contributed by atoms with Gasteiger partial charge in [-0.05, 0) is 121 Å². The highest BCUT2D eigenvalue weighted by Gasteiger charge is 2.51. The molecule has 10 heteroatoms. The fourth-order valence-electron chi connectivity index (χ4n) is 8.23. The molecule has 7 nitrogen and oxygen atoms in total. The van der Waals surface area contributed by atoms with Crippen molar-refractivity contribution in [1.29, 1.82) is 0 Å². The van der Waals surface area contributed by atoms with Gasteiger partial charge in [0.1, 0.15) is 12.2 Å². The van der Waals surface area contributed by atoms with Crippen LogP contribution in [0, 0.1) is 17.8 Å². The SMILES string of the molecule is COc1cc(/C=C2\C(=O)NC(=O)N(c3ccc(C45CC6CC(CC(C6)C4)C5)cc3)C2=O)cc(Cl)c1OCc1ccc(Cl)c(Cl)c1. The lowest BCUT2D eigenvalue weighted by atomic mass is 9.48. The zero-order valence-corrected chi connectivity index (χ0v) is 26.8. The van der Waals surface area contributed by atoms with Gasteiger partial charge in [-0.3, -0.25) is 14.9 Å². The fourth-order valence-corrected chi connectivity index (χ4v) is 8.83.